The van der Waals surface area contributed by atoms with Crippen LogP contribution >= 0.6 is 24.0 Å². The van der Waals surface area contributed by atoms with E-state index in [2.05, 4.69) is 18.2 Å². The van der Waals surface area contributed by atoms with Crippen LogP contribution in [-0.2, 0) is 6.54 Å². The third kappa shape index (κ3) is 5.92. The van der Waals surface area contributed by atoms with Crippen LogP contribution in [0.3, 0.4) is 0 Å². The summed E-state index contributed by atoms with van der Waals surface area (Å²) in [6, 6.07) is 3.81. The molecule has 0 fully saturated rings. The lowest BCUT2D eigenvalue weighted by molar-refractivity contribution is 0.299. The molecule has 0 aliphatic heterocycles. The maximum atomic E-state index is 6.22. The fourth-order valence-electron chi connectivity index (χ4n) is 1.65. The molecule has 0 aliphatic carbocycles. The Kier molecular flexibility index (Phi) is 10.1. The third-order valence-electron chi connectivity index (χ3n) is 2.42. The first-order chi connectivity index (χ1) is 9.22. The third-order valence-corrected chi connectivity index (χ3v) is 2.71. The highest BCUT2D eigenvalue weighted by atomic mass is 35.5. The molecule has 1 aromatic carbocycles. The van der Waals surface area contributed by atoms with Crippen LogP contribution in [-0.4, -0.2) is 19.8 Å². The van der Waals surface area contributed by atoms with Crippen molar-refractivity contribution in [2.45, 2.75) is 26.8 Å². The molecule has 20 heavy (non-hydrogen) atoms. The summed E-state index contributed by atoms with van der Waals surface area (Å²) in [5.41, 5.74) is 1.06. The van der Waals surface area contributed by atoms with E-state index in [1.165, 1.54) is 0 Å². The van der Waals surface area contributed by atoms with Gasteiger partial charge >= 0.3 is 0 Å². The van der Waals surface area contributed by atoms with Crippen molar-refractivity contribution in [3.8, 4) is 23.8 Å². The van der Waals surface area contributed by atoms with E-state index in [1.54, 1.807) is 0 Å². The molecule has 0 aliphatic rings. The minimum absolute atomic E-state index is 0. The minimum Gasteiger partial charge on any atom is -0.490 e. The van der Waals surface area contributed by atoms with Crippen LogP contribution in [0.5, 0.6) is 11.5 Å². The average Bonchev–Trinajstić information content (AvgIpc) is 2.38. The Hall–Kier alpha value is -1.08. The quantitative estimate of drug-likeness (QED) is 0.586. The van der Waals surface area contributed by atoms with Crippen LogP contribution in [0.15, 0.2) is 12.1 Å². The molecule has 5 heteroatoms. The number of hydrogen-bond acceptors (Lipinski definition) is 3. The number of hydrogen-bond donors (Lipinski definition) is 1. The van der Waals surface area contributed by atoms with Gasteiger partial charge in [0.05, 0.1) is 11.6 Å². The smallest absolute Gasteiger partial charge is 0.181 e. The maximum Gasteiger partial charge on any atom is 0.181 e. The molecule has 0 atom stereocenters. The molecule has 0 saturated heterocycles. The van der Waals surface area contributed by atoms with Gasteiger partial charge in [-0.3, -0.25) is 0 Å². The average molecular weight is 318 g/mol. The topological polar surface area (TPSA) is 30.5 Å². The lowest BCUT2D eigenvalue weighted by atomic mass is 10.2. The Morgan fingerprint density at radius 3 is 2.65 bits per heavy atom. The molecule has 0 unspecified atom stereocenters. The van der Waals surface area contributed by atoms with Crippen LogP contribution in [0, 0.1) is 12.3 Å². The fourth-order valence-corrected chi connectivity index (χ4v) is 1.94. The van der Waals surface area contributed by atoms with Crippen LogP contribution < -0.4 is 14.8 Å². The second kappa shape index (κ2) is 10.7. The molecule has 0 bridgehead atoms. The Balaban J connectivity index is 0.00000361. The van der Waals surface area contributed by atoms with Crippen molar-refractivity contribution in [3.05, 3.63) is 22.7 Å². The number of terminal acetylenes is 1. The monoisotopic (exact) mass is 317 g/mol. The SMILES string of the molecule is C#CCOc1c(Cl)cc(CNCCC)cc1OCC.Cl. The normalized spacial score (nSPS) is 9.50. The summed E-state index contributed by atoms with van der Waals surface area (Å²) < 4.78 is 11.0. The molecule has 0 amide bonds. The van der Waals surface area contributed by atoms with Gasteiger partial charge in [-0.2, -0.15) is 0 Å². The predicted molar refractivity (Wildman–Crippen MR) is 86.2 cm³/mol. The molecular formula is C15H21Cl2NO2. The van der Waals surface area contributed by atoms with Gasteiger partial charge in [-0.05, 0) is 37.6 Å². The zero-order valence-electron chi connectivity index (χ0n) is 11.9. The summed E-state index contributed by atoms with van der Waals surface area (Å²) in [6.45, 7) is 6.49. The van der Waals surface area contributed by atoms with Crippen molar-refractivity contribution in [2.24, 2.45) is 0 Å². The van der Waals surface area contributed by atoms with Crippen molar-refractivity contribution in [2.75, 3.05) is 19.8 Å². The largest absolute Gasteiger partial charge is 0.490 e. The lowest BCUT2D eigenvalue weighted by Gasteiger charge is -2.14. The van der Waals surface area contributed by atoms with Gasteiger partial charge in [0, 0.05) is 6.54 Å². The van der Waals surface area contributed by atoms with Crippen LogP contribution in [0.2, 0.25) is 5.02 Å². The van der Waals surface area contributed by atoms with Gasteiger partial charge in [-0.1, -0.05) is 24.4 Å². The summed E-state index contributed by atoms with van der Waals surface area (Å²) in [5, 5.41) is 3.85. The van der Waals surface area contributed by atoms with Crippen molar-refractivity contribution < 1.29 is 9.47 Å². The maximum absolute atomic E-state index is 6.22. The van der Waals surface area contributed by atoms with E-state index in [0.29, 0.717) is 23.1 Å². The van der Waals surface area contributed by atoms with Crippen molar-refractivity contribution >= 4 is 24.0 Å². The second-order valence-electron chi connectivity index (χ2n) is 4.01. The van der Waals surface area contributed by atoms with Crippen LogP contribution in [0.25, 0.3) is 0 Å². The zero-order valence-corrected chi connectivity index (χ0v) is 13.4. The summed E-state index contributed by atoms with van der Waals surface area (Å²) in [4.78, 5) is 0. The molecule has 0 heterocycles. The van der Waals surface area contributed by atoms with Gasteiger partial charge in [0.15, 0.2) is 11.5 Å². The minimum atomic E-state index is 0. The summed E-state index contributed by atoms with van der Waals surface area (Å²) in [5.74, 6) is 3.57. The zero-order chi connectivity index (χ0) is 14.1. The fraction of sp³-hybridized carbons (Fsp3) is 0.467. The van der Waals surface area contributed by atoms with Gasteiger partial charge in [0.25, 0.3) is 0 Å². The number of rotatable bonds is 8. The van der Waals surface area contributed by atoms with Crippen molar-refractivity contribution in [1.29, 1.82) is 0 Å². The molecule has 0 radical (unpaired) electrons. The lowest BCUT2D eigenvalue weighted by Crippen LogP contribution is -2.14. The van der Waals surface area contributed by atoms with E-state index in [9.17, 15) is 0 Å². The first-order valence-corrected chi connectivity index (χ1v) is 6.82. The van der Waals surface area contributed by atoms with Gasteiger partial charge in [0.2, 0.25) is 0 Å². The number of nitrogens with one attached hydrogen (secondary N) is 1. The molecule has 1 aromatic rings. The van der Waals surface area contributed by atoms with E-state index in [0.717, 1.165) is 25.1 Å². The Morgan fingerprint density at radius 1 is 1.30 bits per heavy atom. The highest BCUT2D eigenvalue weighted by Gasteiger charge is 2.12. The van der Waals surface area contributed by atoms with Gasteiger partial charge < -0.3 is 14.8 Å². The molecule has 1 N–H and O–H groups in total. The summed E-state index contributed by atoms with van der Waals surface area (Å²) in [7, 11) is 0. The molecule has 0 spiro atoms. The molecule has 1 rings (SSSR count). The molecule has 0 aromatic heterocycles. The highest BCUT2D eigenvalue weighted by molar-refractivity contribution is 6.32. The Bertz CT molecular complexity index is 444. The Morgan fingerprint density at radius 2 is 2.05 bits per heavy atom. The van der Waals surface area contributed by atoms with Gasteiger partial charge in [-0.25, -0.2) is 0 Å². The number of benzene rings is 1. The van der Waals surface area contributed by atoms with E-state index in [4.69, 9.17) is 27.5 Å². The van der Waals surface area contributed by atoms with Crippen LogP contribution in [0.4, 0.5) is 0 Å². The van der Waals surface area contributed by atoms with Crippen molar-refractivity contribution in [1.82, 2.24) is 5.32 Å². The number of halogens is 2. The first-order valence-electron chi connectivity index (χ1n) is 6.45. The van der Waals surface area contributed by atoms with Gasteiger partial charge in [-0.15, -0.1) is 18.8 Å². The van der Waals surface area contributed by atoms with E-state index in [-0.39, 0.29) is 19.0 Å². The molecule has 112 valence electrons. The first kappa shape index (κ1) is 18.9. The number of ether oxygens (including phenoxy) is 2. The summed E-state index contributed by atoms with van der Waals surface area (Å²) >= 11 is 6.22. The molecule has 3 nitrogen and oxygen atoms in total. The Labute approximate surface area is 132 Å². The van der Waals surface area contributed by atoms with Crippen LogP contribution in [0.1, 0.15) is 25.8 Å². The predicted octanol–water partition coefficient (Wildman–Crippen LogP) is 3.67. The second-order valence-corrected chi connectivity index (χ2v) is 4.41. The van der Waals surface area contributed by atoms with Crippen molar-refractivity contribution in [3.63, 3.8) is 0 Å². The molecular weight excluding hydrogens is 297 g/mol. The summed E-state index contributed by atoms with van der Waals surface area (Å²) in [6.07, 6.45) is 6.29. The van der Waals surface area contributed by atoms with E-state index in [1.807, 2.05) is 19.1 Å². The van der Waals surface area contributed by atoms with E-state index >= 15 is 0 Å². The standard InChI is InChI=1S/C15H20ClNO2.ClH/c1-4-7-17-11-12-9-13(16)15(19-8-5-2)14(10-12)18-6-3;/h2,9-10,17H,4,6-8,11H2,1,3H3;1H. The highest BCUT2D eigenvalue weighted by Crippen LogP contribution is 2.36. The van der Waals surface area contributed by atoms with E-state index < -0.39 is 0 Å². The molecule has 0 saturated carbocycles. The van der Waals surface area contributed by atoms with Gasteiger partial charge in [0.1, 0.15) is 6.61 Å².